The number of rotatable bonds is 6. The first-order chi connectivity index (χ1) is 8.54. The molecule has 0 amide bonds. The van der Waals surface area contributed by atoms with Crippen molar-refractivity contribution in [1.82, 2.24) is 10.2 Å². The molecule has 1 aliphatic carbocycles. The molecule has 0 atom stereocenters. The minimum atomic E-state index is -4.50. The molecule has 6 heteroatoms. The van der Waals surface area contributed by atoms with E-state index in [0.29, 0.717) is 18.5 Å². The maximum absolute atomic E-state index is 11.9. The van der Waals surface area contributed by atoms with Gasteiger partial charge in [-0.25, -0.2) is 0 Å². The first-order valence-electron chi connectivity index (χ1n) is 6.70. The van der Waals surface area contributed by atoms with E-state index in [-0.39, 0.29) is 6.61 Å². The van der Waals surface area contributed by atoms with Crippen molar-refractivity contribution in [3.05, 3.63) is 0 Å². The van der Waals surface area contributed by atoms with Crippen molar-refractivity contribution in [2.75, 3.05) is 32.8 Å². The van der Waals surface area contributed by atoms with E-state index in [1.807, 2.05) is 0 Å². The predicted octanol–water partition coefficient (Wildman–Crippen LogP) is 1.99. The molecule has 0 aromatic rings. The van der Waals surface area contributed by atoms with Crippen molar-refractivity contribution in [1.29, 1.82) is 0 Å². The van der Waals surface area contributed by atoms with Gasteiger partial charge in [0.15, 0.2) is 0 Å². The number of hydrogen-bond acceptors (Lipinski definition) is 3. The summed E-state index contributed by atoms with van der Waals surface area (Å²) in [6.45, 7) is 3.14. The lowest BCUT2D eigenvalue weighted by atomic mass is 9.97. The molecule has 0 bridgehead atoms. The molecule has 0 unspecified atom stereocenters. The number of alkyl halides is 3. The van der Waals surface area contributed by atoms with Crippen LogP contribution >= 0.6 is 0 Å². The summed E-state index contributed by atoms with van der Waals surface area (Å²) in [4.78, 5) is 2.18. The topological polar surface area (TPSA) is 24.5 Å². The summed E-state index contributed by atoms with van der Waals surface area (Å²) in [5, 5.41) is 3.30. The van der Waals surface area contributed by atoms with Crippen molar-refractivity contribution in [3.8, 4) is 0 Å². The van der Waals surface area contributed by atoms with Crippen molar-refractivity contribution >= 4 is 0 Å². The van der Waals surface area contributed by atoms with Gasteiger partial charge in [-0.2, -0.15) is 0 Å². The third kappa shape index (κ3) is 5.12. The highest BCUT2D eigenvalue weighted by molar-refractivity contribution is 4.86. The summed E-state index contributed by atoms with van der Waals surface area (Å²) in [5.41, 5.74) is 0. The summed E-state index contributed by atoms with van der Waals surface area (Å²) in [5.74, 6) is 0.623. The Morgan fingerprint density at radius 2 is 1.78 bits per heavy atom. The Labute approximate surface area is 106 Å². The van der Waals surface area contributed by atoms with Crippen LogP contribution in [0, 0.1) is 5.92 Å². The van der Waals surface area contributed by atoms with Gasteiger partial charge in [0.2, 0.25) is 0 Å². The van der Waals surface area contributed by atoms with Crippen LogP contribution in [0.5, 0.6) is 0 Å². The average molecular weight is 266 g/mol. The molecule has 18 heavy (non-hydrogen) atoms. The van der Waals surface area contributed by atoms with E-state index in [1.165, 1.54) is 0 Å². The Bertz CT molecular complexity index is 250. The standard InChI is InChI=1S/C12H21F3N2O/c13-12(14,15)18-8-7-17(11-1-2-11)9-10-3-5-16-6-4-10/h10-11,16H,1-9H2. The SMILES string of the molecule is FC(F)(F)OCCN(CC1CCNCC1)C1CC1. The number of nitrogens with one attached hydrogen (secondary N) is 1. The maximum atomic E-state index is 11.9. The second-order valence-corrected chi connectivity index (χ2v) is 5.21. The Morgan fingerprint density at radius 1 is 1.11 bits per heavy atom. The zero-order valence-corrected chi connectivity index (χ0v) is 10.5. The molecule has 0 radical (unpaired) electrons. The summed E-state index contributed by atoms with van der Waals surface area (Å²) >= 11 is 0. The minimum absolute atomic E-state index is 0.245. The van der Waals surface area contributed by atoms with E-state index < -0.39 is 6.36 Å². The van der Waals surface area contributed by atoms with Gasteiger partial charge in [0.1, 0.15) is 0 Å². The highest BCUT2D eigenvalue weighted by Gasteiger charge is 2.33. The molecule has 1 heterocycles. The molecule has 1 saturated carbocycles. The van der Waals surface area contributed by atoms with Gasteiger partial charge < -0.3 is 5.32 Å². The summed E-state index contributed by atoms with van der Waals surface area (Å²) < 4.78 is 39.7. The number of piperidine rings is 1. The van der Waals surface area contributed by atoms with E-state index in [2.05, 4.69) is 15.0 Å². The number of hydrogen-bond donors (Lipinski definition) is 1. The van der Waals surface area contributed by atoms with Gasteiger partial charge in [0, 0.05) is 19.1 Å². The van der Waals surface area contributed by atoms with E-state index in [9.17, 15) is 13.2 Å². The van der Waals surface area contributed by atoms with Crippen LogP contribution in [0.25, 0.3) is 0 Å². The van der Waals surface area contributed by atoms with E-state index in [4.69, 9.17) is 0 Å². The third-order valence-corrected chi connectivity index (χ3v) is 3.66. The predicted molar refractivity (Wildman–Crippen MR) is 62.2 cm³/mol. The molecule has 0 aromatic carbocycles. The first-order valence-corrected chi connectivity index (χ1v) is 6.70. The zero-order valence-electron chi connectivity index (χ0n) is 10.5. The molecule has 1 N–H and O–H groups in total. The third-order valence-electron chi connectivity index (χ3n) is 3.66. The average Bonchev–Trinajstić information content (AvgIpc) is 3.11. The zero-order chi connectivity index (χ0) is 13.0. The van der Waals surface area contributed by atoms with Crippen molar-refractivity contribution in [2.45, 2.75) is 38.1 Å². The molecule has 0 spiro atoms. The lowest BCUT2D eigenvalue weighted by molar-refractivity contribution is -0.325. The van der Waals surface area contributed by atoms with Crippen LogP contribution < -0.4 is 5.32 Å². The van der Waals surface area contributed by atoms with Gasteiger partial charge in [-0.15, -0.1) is 13.2 Å². The molecule has 3 nitrogen and oxygen atoms in total. The fraction of sp³-hybridized carbons (Fsp3) is 1.00. The number of nitrogens with zero attached hydrogens (tertiary/aromatic N) is 1. The lowest BCUT2D eigenvalue weighted by Crippen LogP contribution is -2.39. The number of ether oxygens (including phenoxy) is 1. The van der Waals surface area contributed by atoms with Crippen LogP contribution in [0.2, 0.25) is 0 Å². The van der Waals surface area contributed by atoms with Gasteiger partial charge in [0.05, 0.1) is 6.61 Å². The molecule has 2 rings (SSSR count). The van der Waals surface area contributed by atoms with Crippen molar-refractivity contribution in [2.24, 2.45) is 5.92 Å². The Morgan fingerprint density at radius 3 is 2.33 bits per heavy atom. The maximum Gasteiger partial charge on any atom is 0.522 e. The van der Waals surface area contributed by atoms with Crippen molar-refractivity contribution in [3.63, 3.8) is 0 Å². The van der Waals surface area contributed by atoms with E-state index in [1.54, 1.807) is 0 Å². The van der Waals surface area contributed by atoms with Crippen molar-refractivity contribution < 1.29 is 17.9 Å². The van der Waals surface area contributed by atoms with Crippen LogP contribution in [-0.4, -0.2) is 50.1 Å². The Balaban J connectivity index is 1.70. The van der Waals surface area contributed by atoms with Gasteiger partial charge in [-0.05, 0) is 44.7 Å². The Hall–Kier alpha value is -0.330. The lowest BCUT2D eigenvalue weighted by Gasteiger charge is -2.30. The van der Waals surface area contributed by atoms with Gasteiger partial charge in [0.25, 0.3) is 0 Å². The van der Waals surface area contributed by atoms with Crippen LogP contribution in [0.4, 0.5) is 13.2 Å². The molecule has 1 aliphatic heterocycles. The fourth-order valence-electron chi connectivity index (χ4n) is 2.54. The minimum Gasteiger partial charge on any atom is -0.317 e. The molecule has 106 valence electrons. The first kappa shape index (κ1) is 14.1. The van der Waals surface area contributed by atoms with Gasteiger partial charge >= 0.3 is 6.36 Å². The monoisotopic (exact) mass is 266 g/mol. The quantitative estimate of drug-likeness (QED) is 0.795. The summed E-state index contributed by atoms with van der Waals surface area (Å²) in [6, 6.07) is 0.497. The van der Waals surface area contributed by atoms with Crippen LogP contribution in [0.1, 0.15) is 25.7 Å². The fourth-order valence-corrected chi connectivity index (χ4v) is 2.54. The molecule has 2 aliphatic rings. The largest absolute Gasteiger partial charge is 0.522 e. The van der Waals surface area contributed by atoms with E-state index >= 15 is 0 Å². The highest BCUT2D eigenvalue weighted by Crippen LogP contribution is 2.29. The van der Waals surface area contributed by atoms with Gasteiger partial charge in [-0.3, -0.25) is 9.64 Å². The molecule has 0 aromatic heterocycles. The molecule has 2 fully saturated rings. The van der Waals surface area contributed by atoms with Crippen LogP contribution in [0.15, 0.2) is 0 Å². The molecule has 1 saturated heterocycles. The van der Waals surface area contributed by atoms with Crippen LogP contribution in [-0.2, 0) is 4.74 Å². The smallest absolute Gasteiger partial charge is 0.317 e. The Kier molecular flexibility index (Phi) is 4.86. The second-order valence-electron chi connectivity index (χ2n) is 5.21. The summed E-state index contributed by atoms with van der Waals surface area (Å²) in [7, 11) is 0. The highest BCUT2D eigenvalue weighted by atomic mass is 19.4. The molecular weight excluding hydrogens is 245 g/mol. The summed E-state index contributed by atoms with van der Waals surface area (Å²) in [6.07, 6.45) is 0.00461. The van der Waals surface area contributed by atoms with Crippen LogP contribution in [0.3, 0.4) is 0 Å². The second kappa shape index (κ2) is 6.21. The number of halogens is 3. The normalized spacial score (nSPS) is 22.7. The van der Waals surface area contributed by atoms with E-state index in [0.717, 1.165) is 45.3 Å². The van der Waals surface area contributed by atoms with Gasteiger partial charge in [-0.1, -0.05) is 0 Å². The molecular formula is C12H21F3N2O.